The van der Waals surface area contributed by atoms with Gasteiger partial charge in [0.25, 0.3) is 11.8 Å². The van der Waals surface area contributed by atoms with Crippen LogP contribution in [0.25, 0.3) is 10.9 Å². The van der Waals surface area contributed by atoms with E-state index in [1.54, 1.807) is 6.07 Å². The third-order valence-corrected chi connectivity index (χ3v) is 6.15. The normalized spacial score (nSPS) is 18.7. The topological polar surface area (TPSA) is 74.4 Å². The second-order valence-electron chi connectivity index (χ2n) is 8.56. The SMILES string of the molecule is O=C(NC1CC1)c1ccccc1OCC1CCCN(C(=O)c2cccc3[nH]ccc23)C1. The highest BCUT2D eigenvalue weighted by Gasteiger charge is 2.27. The molecule has 2 fully saturated rings. The molecule has 6 heteroatoms. The number of nitrogens with one attached hydrogen (secondary N) is 2. The van der Waals surface area contributed by atoms with Crippen molar-refractivity contribution in [2.24, 2.45) is 5.92 Å². The maximum Gasteiger partial charge on any atom is 0.255 e. The Labute approximate surface area is 181 Å². The van der Waals surface area contributed by atoms with Gasteiger partial charge in [-0.2, -0.15) is 0 Å². The summed E-state index contributed by atoms with van der Waals surface area (Å²) in [6.07, 6.45) is 5.93. The highest BCUT2D eigenvalue weighted by molar-refractivity contribution is 6.06. The second-order valence-corrected chi connectivity index (χ2v) is 8.56. The molecule has 1 aromatic heterocycles. The number of aromatic amines is 1. The van der Waals surface area contributed by atoms with E-state index in [4.69, 9.17) is 4.74 Å². The molecule has 2 aliphatic rings. The van der Waals surface area contributed by atoms with Gasteiger partial charge in [0.15, 0.2) is 0 Å². The number of piperidine rings is 1. The molecular formula is C25H27N3O3. The molecule has 3 aromatic rings. The van der Waals surface area contributed by atoms with E-state index in [1.165, 1.54) is 0 Å². The summed E-state index contributed by atoms with van der Waals surface area (Å²) < 4.78 is 6.09. The Morgan fingerprint density at radius 3 is 2.74 bits per heavy atom. The van der Waals surface area contributed by atoms with Gasteiger partial charge >= 0.3 is 0 Å². The summed E-state index contributed by atoms with van der Waals surface area (Å²) in [6, 6.07) is 15.5. The molecule has 2 amide bonds. The number of hydrogen-bond acceptors (Lipinski definition) is 3. The van der Waals surface area contributed by atoms with Crippen LogP contribution in [0.3, 0.4) is 0 Å². The van der Waals surface area contributed by atoms with E-state index >= 15 is 0 Å². The molecule has 5 rings (SSSR count). The van der Waals surface area contributed by atoms with Gasteiger partial charge in [-0.1, -0.05) is 18.2 Å². The van der Waals surface area contributed by atoms with Crippen LogP contribution in [0, 0.1) is 5.92 Å². The molecule has 2 N–H and O–H groups in total. The fourth-order valence-electron chi connectivity index (χ4n) is 4.31. The number of benzene rings is 2. The van der Waals surface area contributed by atoms with Gasteiger partial charge in [-0.25, -0.2) is 0 Å². The third-order valence-electron chi connectivity index (χ3n) is 6.15. The van der Waals surface area contributed by atoms with Gasteiger partial charge in [0.05, 0.1) is 12.2 Å². The van der Waals surface area contributed by atoms with Crippen molar-refractivity contribution in [3.8, 4) is 5.75 Å². The van der Waals surface area contributed by atoms with Gasteiger partial charge in [0.1, 0.15) is 5.75 Å². The molecule has 1 atom stereocenters. The van der Waals surface area contributed by atoms with Gasteiger partial charge in [-0.3, -0.25) is 9.59 Å². The average Bonchev–Trinajstić information content (AvgIpc) is 3.49. The monoisotopic (exact) mass is 417 g/mol. The summed E-state index contributed by atoms with van der Waals surface area (Å²) in [7, 11) is 0. The van der Waals surface area contributed by atoms with Crippen molar-refractivity contribution >= 4 is 22.7 Å². The molecule has 2 heterocycles. The molecule has 2 aromatic carbocycles. The van der Waals surface area contributed by atoms with Gasteiger partial charge in [0, 0.05) is 47.7 Å². The molecule has 1 unspecified atom stereocenters. The lowest BCUT2D eigenvalue weighted by molar-refractivity contribution is 0.0635. The number of rotatable bonds is 6. The Hall–Kier alpha value is -3.28. The zero-order valence-corrected chi connectivity index (χ0v) is 17.5. The maximum absolute atomic E-state index is 13.2. The lowest BCUT2D eigenvalue weighted by Gasteiger charge is -2.33. The van der Waals surface area contributed by atoms with Gasteiger partial charge in [-0.05, 0) is 56.0 Å². The summed E-state index contributed by atoms with van der Waals surface area (Å²) in [6.45, 7) is 1.92. The smallest absolute Gasteiger partial charge is 0.255 e. The number of amides is 2. The van der Waals surface area contributed by atoms with Crippen molar-refractivity contribution in [1.29, 1.82) is 0 Å². The van der Waals surface area contributed by atoms with Crippen LogP contribution >= 0.6 is 0 Å². The average molecular weight is 418 g/mol. The Kier molecular flexibility index (Phi) is 5.37. The van der Waals surface area contributed by atoms with Crippen molar-refractivity contribution in [1.82, 2.24) is 15.2 Å². The lowest BCUT2D eigenvalue weighted by Crippen LogP contribution is -2.41. The minimum Gasteiger partial charge on any atom is -0.492 e. The van der Waals surface area contributed by atoms with E-state index in [-0.39, 0.29) is 17.7 Å². The molecule has 0 spiro atoms. The Bertz CT molecular complexity index is 1100. The summed E-state index contributed by atoms with van der Waals surface area (Å²) in [4.78, 5) is 30.8. The van der Waals surface area contributed by atoms with Crippen LogP contribution in [0.2, 0.25) is 0 Å². The predicted octanol–water partition coefficient (Wildman–Crippen LogP) is 3.99. The van der Waals surface area contributed by atoms with Gasteiger partial charge in [-0.15, -0.1) is 0 Å². The summed E-state index contributed by atoms with van der Waals surface area (Å²) in [5, 5.41) is 3.99. The van der Waals surface area contributed by atoms with Crippen LogP contribution in [-0.4, -0.2) is 47.4 Å². The maximum atomic E-state index is 13.2. The van der Waals surface area contributed by atoms with Crippen molar-refractivity contribution < 1.29 is 14.3 Å². The number of hydrogen-bond donors (Lipinski definition) is 2. The van der Waals surface area contributed by atoms with Crippen LogP contribution in [0.5, 0.6) is 5.75 Å². The quantitative estimate of drug-likeness (QED) is 0.637. The molecule has 0 radical (unpaired) electrons. The van der Waals surface area contributed by atoms with Crippen molar-refractivity contribution in [3.63, 3.8) is 0 Å². The zero-order chi connectivity index (χ0) is 21.2. The van der Waals surface area contributed by atoms with E-state index in [2.05, 4.69) is 10.3 Å². The fourth-order valence-corrected chi connectivity index (χ4v) is 4.31. The number of likely N-dealkylation sites (tertiary alicyclic amines) is 1. The number of nitrogens with zero attached hydrogens (tertiary/aromatic N) is 1. The number of carbonyl (C=O) groups excluding carboxylic acids is 2. The molecule has 6 nitrogen and oxygen atoms in total. The first-order chi connectivity index (χ1) is 15.2. The van der Waals surface area contributed by atoms with Crippen molar-refractivity contribution in [3.05, 3.63) is 65.9 Å². The number of H-pyrrole nitrogens is 1. The molecule has 1 saturated heterocycles. The van der Waals surface area contributed by atoms with E-state index in [0.717, 1.165) is 48.7 Å². The van der Waals surface area contributed by atoms with Crippen LogP contribution in [0.4, 0.5) is 0 Å². The molecular weight excluding hydrogens is 390 g/mol. The van der Waals surface area contributed by atoms with Crippen LogP contribution in [-0.2, 0) is 0 Å². The lowest BCUT2D eigenvalue weighted by atomic mass is 9.97. The van der Waals surface area contributed by atoms with E-state index in [9.17, 15) is 9.59 Å². The van der Waals surface area contributed by atoms with E-state index in [1.807, 2.05) is 53.6 Å². The number of ether oxygens (including phenoxy) is 1. The minimum atomic E-state index is -0.0712. The highest BCUT2D eigenvalue weighted by Crippen LogP contribution is 2.26. The molecule has 31 heavy (non-hydrogen) atoms. The second kappa shape index (κ2) is 8.46. The molecule has 1 aliphatic carbocycles. The first kappa shape index (κ1) is 19.7. The minimum absolute atomic E-state index is 0.0686. The molecule has 160 valence electrons. The predicted molar refractivity (Wildman–Crippen MR) is 119 cm³/mol. The van der Waals surface area contributed by atoms with Crippen molar-refractivity contribution in [2.75, 3.05) is 19.7 Å². The van der Waals surface area contributed by atoms with Crippen LogP contribution in [0.1, 0.15) is 46.4 Å². The largest absolute Gasteiger partial charge is 0.492 e. The highest BCUT2D eigenvalue weighted by atomic mass is 16.5. The van der Waals surface area contributed by atoms with Gasteiger partial charge < -0.3 is 19.9 Å². The Morgan fingerprint density at radius 2 is 1.87 bits per heavy atom. The molecule has 1 saturated carbocycles. The first-order valence-corrected chi connectivity index (χ1v) is 11.1. The van der Waals surface area contributed by atoms with Crippen LogP contribution in [0.15, 0.2) is 54.7 Å². The number of aromatic nitrogens is 1. The van der Waals surface area contributed by atoms with Crippen LogP contribution < -0.4 is 10.1 Å². The number of para-hydroxylation sites is 1. The molecule has 0 bridgehead atoms. The summed E-state index contributed by atoms with van der Waals surface area (Å²) in [5.74, 6) is 0.848. The number of fused-ring (bicyclic) bond motifs is 1. The summed E-state index contributed by atoms with van der Waals surface area (Å²) >= 11 is 0. The third kappa shape index (κ3) is 4.29. The van der Waals surface area contributed by atoms with Crippen molar-refractivity contribution in [2.45, 2.75) is 31.7 Å². The fraction of sp³-hybridized carbons (Fsp3) is 0.360. The van der Waals surface area contributed by atoms with E-state index < -0.39 is 0 Å². The zero-order valence-electron chi connectivity index (χ0n) is 17.5. The first-order valence-electron chi connectivity index (χ1n) is 11.1. The standard InChI is InChI=1S/C25H27N3O3/c29-24(27-18-10-11-18)21-6-1-2-9-23(21)31-16-17-5-4-14-28(15-17)25(30)20-7-3-8-22-19(20)12-13-26-22/h1-3,6-9,12-13,17-18,26H,4-5,10-11,14-16H2,(H,27,29). The summed E-state index contributed by atoms with van der Waals surface area (Å²) in [5.41, 5.74) is 2.29. The van der Waals surface area contributed by atoms with E-state index in [0.29, 0.717) is 30.5 Å². The molecule has 1 aliphatic heterocycles. The Balaban J connectivity index is 1.24. The number of carbonyl (C=O) groups is 2. The Morgan fingerprint density at radius 1 is 1.03 bits per heavy atom. The van der Waals surface area contributed by atoms with Gasteiger partial charge in [0.2, 0.25) is 0 Å².